The fourth-order valence-electron chi connectivity index (χ4n) is 3.29. The van der Waals surface area contributed by atoms with Crippen molar-refractivity contribution in [3.8, 4) is 0 Å². The minimum absolute atomic E-state index is 0.338. The Hall–Kier alpha value is -1.71. The quantitative estimate of drug-likeness (QED) is 0.672. The highest BCUT2D eigenvalue weighted by Crippen LogP contribution is 2.24. The molecule has 0 aliphatic heterocycles. The first kappa shape index (κ1) is 19.6. The Bertz CT molecular complexity index is 531. The largest absolute Gasteiger partial charge is 0.444 e. The van der Waals surface area contributed by atoms with Gasteiger partial charge in [0.05, 0.1) is 0 Å². The molecule has 1 saturated carbocycles. The number of ether oxygens (including phenoxy) is 1. The molecule has 0 aromatic heterocycles. The molecule has 1 aromatic rings. The van der Waals surface area contributed by atoms with Crippen LogP contribution in [0.25, 0.3) is 0 Å². The van der Waals surface area contributed by atoms with Gasteiger partial charge in [-0.25, -0.2) is 4.79 Å². The Labute approximate surface area is 152 Å². The average molecular weight is 347 g/mol. The molecule has 140 valence electrons. The lowest BCUT2D eigenvalue weighted by atomic mass is 9.89. The highest BCUT2D eigenvalue weighted by molar-refractivity contribution is 5.67. The molecule has 1 aromatic carbocycles. The Morgan fingerprint density at radius 1 is 1.20 bits per heavy atom. The fraction of sp³-hybridized carbons (Fsp3) is 0.667. The van der Waals surface area contributed by atoms with E-state index in [1.165, 1.54) is 43.4 Å². The molecule has 1 fully saturated rings. The number of amides is 1. The Balaban J connectivity index is 1.67. The third-order valence-corrected chi connectivity index (χ3v) is 4.56. The van der Waals surface area contributed by atoms with E-state index >= 15 is 0 Å². The zero-order valence-corrected chi connectivity index (χ0v) is 16.1. The molecule has 0 unspecified atom stereocenters. The lowest BCUT2D eigenvalue weighted by Crippen LogP contribution is -2.33. The highest BCUT2D eigenvalue weighted by Gasteiger charge is 2.15. The standard InChI is InChI=1S/C21H34N2O2/c1-21(2,3)25-20(24)22-14-8-12-17-11-7-13-19(15-17)23-16-18-9-5-4-6-10-18/h7,11,13,15,18,23H,4-6,8-10,12,14,16H2,1-3H3,(H,22,24). The van der Waals surface area contributed by atoms with Gasteiger partial charge < -0.3 is 15.4 Å². The van der Waals surface area contributed by atoms with E-state index in [0.717, 1.165) is 25.3 Å². The summed E-state index contributed by atoms with van der Waals surface area (Å²) in [5.74, 6) is 0.829. The number of hydrogen-bond acceptors (Lipinski definition) is 3. The number of hydrogen-bond donors (Lipinski definition) is 2. The van der Waals surface area contributed by atoms with Crippen LogP contribution in [0.5, 0.6) is 0 Å². The monoisotopic (exact) mass is 346 g/mol. The van der Waals surface area contributed by atoms with Crippen LogP contribution in [-0.2, 0) is 11.2 Å². The Kier molecular flexibility index (Phi) is 7.60. The van der Waals surface area contributed by atoms with Gasteiger partial charge in [-0.15, -0.1) is 0 Å². The summed E-state index contributed by atoms with van der Waals surface area (Å²) in [4.78, 5) is 11.6. The van der Waals surface area contributed by atoms with Crippen LogP contribution in [0.4, 0.5) is 10.5 Å². The van der Waals surface area contributed by atoms with E-state index < -0.39 is 5.60 Å². The van der Waals surface area contributed by atoms with Crippen molar-refractivity contribution in [1.82, 2.24) is 5.32 Å². The summed E-state index contributed by atoms with van der Waals surface area (Å²) in [6.45, 7) is 7.34. The first-order chi connectivity index (χ1) is 11.9. The van der Waals surface area contributed by atoms with E-state index in [4.69, 9.17) is 4.74 Å². The summed E-state index contributed by atoms with van der Waals surface area (Å²) in [5, 5.41) is 6.41. The van der Waals surface area contributed by atoms with Crippen molar-refractivity contribution in [3.63, 3.8) is 0 Å². The molecule has 2 N–H and O–H groups in total. The SMILES string of the molecule is CC(C)(C)OC(=O)NCCCc1cccc(NCC2CCCCC2)c1. The van der Waals surface area contributed by atoms with Gasteiger partial charge in [-0.05, 0) is 70.1 Å². The van der Waals surface area contributed by atoms with Crippen LogP contribution in [0.15, 0.2) is 24.3 Å². The lowest BCUT2D eigenvalue weighted by molar-refractivity contribution is 0.0527. The summed E-state index contributed by atoms with van der Waals surface area (Å²) in [7, 11) is 0. The van der Waals surface area contributed by atoms with Crippen LogP contribution in [0.3, 0.4) is 0 Å². The number of aryl methyl sites for hydroxylation is 1. The van der Waals surface area contributed by atoms with Gasteiger partial charge in [-0.1, -0.05) is 31.4 Å². The second-order valence-electron chi connectivity index (χ2n) is 8.12. The van der Waals surface area contributed by atoms with E-state index in [2.05, 4.69) is 34.9 Å². The van der Waals surface area contributed by atoms with Crippen molar-refractivity contribution < 1.29 is 9.53 Å². The van der Waals surface area contributed by atoms with Gasteiger partial charge in [-0.2, -0.15) is 0 Å². The maximum atomic E-state index is 11.6. The molecule has 1 aliphatic rings. The van der Waals surface area contributed by atoms with Crippen LogP contribution in [0, 0.1) is 5.92 Å². The Morgan fingerprint density at radius 3 is 2.68 bits per heavy atom. The van der Waals surface area contributed by atoms with Gasteiger partial charge in [0.1, 0.15) is 5.60 Å². The van der Waals surface area contributed by atoms with Crippen molar-refractivity contribution in [3.05, 3.63) is 29.8 Å². The molecule has 0 radical (unpaired) electrons. The molecule has 4 heteroatoms. The maximum absolute atomic E-state index is 11.6. The summed E-state index contributed by atoms with van der Waals surface area (Å²) >= 11 is 0. The molecule has 0 bridgehead atoms. The van der Waals surface area contributed by atoms with E-state index in [9.17, 15) is 4.79 Å². The van der Waals surface area contributed by atoms with Crippen LogP contribution >= 0.6 is 0 Å². The van der Waals surface area contributed by atoms with Crippen molar-refractivity contribution >= 4 is 11.8 Å². The third-order valence-electron chi connectivity index (χ3n) is 4.56. The third kappa shape index (κ3) is 8.28. The summed E-state index contributed by atoms with van der Waals surface area (Å²) in [6, 6.07) is 8.64. The maximum Gasteiger partial charge on any atom is 0.407 e. The molecule has 2 rings (SSSR count). The molecule has 0 heterocycles. The van der Waals surface area contributed by atoms with Crippen LogP contribution < -0.4 is 10.6 Å². The lowest BCUT2D eigenvalue weighted by Gasteiger charge is -2.22. The van der Waals surface area contributed by atoms with Crippen LogP contribution in [-0.4, -0.2) is 24.8 Å². The van der Waals surface area contributed by atoms with E-state index in [1.54, 1.807) is 0 Å². The van der Waals surface area contributed by atoms with E-state index in [1.807, 2.05) is 20.8 Å². The predicted octanol–water partition coefficient (Wildman–Crippen LogP) is 5.14. The minimum Gasteiger partial charge on any atom is -0.444 e. The molecule has 1 amide bonds. The van der Waals surface area contributed by atoms with Crippen molar-refractivity contribution in [2.75, 3.05) is 18.4 Å². The smallest absolute Gasteiger partial charge is 0.407 e. The topological polar surface area (TPSA) is 50.4 Å². The molecule has 25 heavy (non-hydrogen) atoms. The normalized spacial score (nSPS) is 15.6. The molecule has 0 atom stereocenters. The fourth-order valence-corrected chi connectivity index (χ4v) is 3.29. The second kappa shape index (κ2) is 9.69. The first-order valence-corrected chi connectivity index (χ1v) is 9.72. The number of rotatable bonds is 7. The number of alkyl carbamates (subject to hydrolysis) is 1. The van der Waals surface area contributed by atoms with Gasteiger partial charge in [0.25, 0.3) is 0 Å². The minimum atomic E-state index is -0.442. The van der Waals surface area contributed by atoms with Crippen LogP contribution in [0.1, 0.15) is 64.9 Å². The summed E-state index contributed by atoms with van der Waals surface area (Å²) < 4.78 is 5.24. The number of anilines is 1. The van der Waals surface area contributed by atoms with E-state index in [-0.39, 0.29) is 6.09 Å². The molecule has 4 nitrogen and oxygen atoms in total. The van der Waals surface area contributed by atoms with Gasteiger partial charge in [0.2, 0.25) is 0 Å². The summed E-state index contributed by atoms with van der Waals surface area (Å²) in [5.41, 5.74) is 2.07. The molecule has 0 spiro atoms. The molecular weight excluding hydrogens is 312 g/mol. The van der Waals surface area contributed by atoms with Crippen molar-refractivity contribution in [1.29, 1.82) is 0 Å². The highest BCUT2D eigenvalue weighted by atomic mass is 16.6. The summed E-state index contributed by atoms with van der Waals surface area (Å²) in [6.07, 6.45) is 8.43. The molecular formula is C21H34N2O2. The van der Waals surface area contributed by atoms with Gasteiger partial charge in [-0.3, -0.25) is 0 Å². The zero-order chi connectivity index (χ0) is 18.1. The van der Waals surface area contributed by atoms with Gasteiger partial charge in [0.15, 0.2) is 0 Å². The van der Waals surface area contributed by atoms with E-state index in [0.29, 0.717) is 6.54 Å². The number of nitrogens with one attached hydrogen (secondary N) is 2. The van der Waals surface area contributed by atoms with Crippen LogP contribution in [0.2, 0.25) is 0 Å². The molecule has 1 aliphatic carbocycles. The van der Waals surface area contributed by atoms with Gasteiger partial charge in [0, 0.05) is 18.8 Å². The number of benzene rings is 1. The zero-order valence-electron chi connectivity index (χ0n) is 16.1. The molecule has 0 saturated heterocycles. The first-order valence-electron chi connectivity index (χ1n) is 9.72. The van der Waals surface area contributed by atoms with Gasteiger partial charge >= 0.3 is 6.09 Å². The predicted molar refractivity (Wildman–Crippen MR) is 104 cm³/mol. The Morgan fingerprint density at radius 2 is 1.96 bits per heavy atom. The second-order valence-corrected chi connectivity index (χ2v) is 8.12. The van der Waals surface area contributed by atoms with Crippen molar-refractivity contribution in [2.45, 2.75) is 71.3 Å². The number of carbonyl (C=O) groups is 1. The number of carbonyl (C=O) groups excluding carboxylic acids is 1. The van der Waals surface area contributed by atoms with Crippen molar-refractivity contribution in [2.24, 2.45) is 5.92 Å². The average Bonchev–Trinajstić information content (AvgIpc) is 2.57.